The van der Waals surface area contributed by atoms with E-state index in [1.54, 1.807) is 0 Å². The highest BCUT2D eigenvalue weighted by Gasteiger charge is 2.28. The summed E-state index contributed by atoms with van der Waals surface area (Å²) in [6.45, 7) is 4.98. The summed E-state index contributed by atoms with van der Waals surface area (Å²) in [5.41, 5.74) is 2.06. The average molecular weight is 288 g/mol. The van der Waals surface area contributed by atoms with Gasteiger partial charge in [-0.15, -0.1) is 0 Å². The van der Waals surface area contributed by atoms with Crippen molar-refractivity contribution in [2.75, 3.05) is 26.3 Å². The largest absolute Gasteiger partial charge is 0.378 e. The van der Waals surface area contributed by atoms with Crippen molar-refractivity contribution in [3.63, 3.8) is 0 Å². The summed E-state index contributed by atoms with van der Waals surface area (Å²) in [6, 6.07) is 9.97. The number of aliphatic imine (C=N–C) groups is 1. The summed E-state index contributed by atoms with van der Waals surface area (Å²) in [6.07, 6.45) is 0. The lowest BCUT2D eigenvalue weighted by atomic mass is 10.1. The molecular weight excluding hydrogens is 272 g/mol. The van der Waals surface area contributed by atoms with Crippen LogP contribution in [0.2, 0.25) is 0 Å². The van der Waals surface area contributed by atoms with E-state index in [2.05, 4.69) is 9.89 Å². The van der Waals surface area contributed by atoms with E-state index in [1.807, 2.05) is 37.3 Å². The number of carbonyl (C=O) groups excluding carboxylic acids is 1. The highest BCUT2D eigenvalue weighted by molar-refractivity contribution is 8.18. The maximum atomic E-state index is 12.1. The molecule has 0 spiro atoms. The Hall–Kier alpha value is -1.59. The summed E-state index contributed by atoms with van der Waals surface area (Å²) >= 11 is 1.48. The third kappa shape index (κ3) is 2.64. The molecule has 1 fully saturated rings. The van der Waals surface area contributed by atoms with Gasteiger partial charge in [0.1, 0.15) is 0 Å². The van der Waals surface area contributed by atoms with E-state index in [0.717, 1.165) is 34.3 Å². The zero-order chi connectivity index (χ0) is 13.9. The monoisotopic (exact) mass is 288 g/mol. The summed E-state index contributed by atoms with van der Waals surface area (Å²) in [7, 11) is 0. The predicted octanol–water partition coefficient (Wildman–Crippen LogP) is 2.38. The molecule has 1 amide bonds. The van der Waals surface area contributed by atoms with Crippen LogP contribution >= 0.6 is 11.8 Å². The quantitative estimate of drug-likeness (QED) is 0.744. The van der Waals surface area contributed by atoms with E-state index in [4.69, 9.17) is 4.74 Å². The fourth-order valence-electron chi connectivity index (χ4n) is 2.24. The van der Waals surface area contributed by atoms with Crippen molar-refractivity contribution < 1.29 is 9.53 Å². The van der Waals surface area contributed by atoms with Crippen LogP contribution in [-0.4, -0.2) is 42.3 Å². The maximum Gasteiger partial charge on any atom is 0.286 e. The standard InChI is InChI=1S/C15H16N2O2S/c1-11(12-5-3-2-4-6-12)13-14(18)16-15(20-13)17-7-9-19-10-8-17/h2-6H,7-10H2,1H3. The Labute approximate surface area is 122 Å². The highest BCUT2D eigenvalue weighted by atomic mass is 32.2. The van der Waals surface area contributed by atoms with Crippen LogP contribution in [0.3, 0.4) is 0 Å². The summed E-state index contributed by atoms with van der Waals surface area (Å²) in [5.74, 6) is -0.127. The van der Waals surface area contributed by atoms with Crippen molar-refractivity contribution in [3.8, 4) is 0 Å². The SMILES string of the molecule is CC(=C1SC(N2CCOCC2)=NC1=O)c1ccccc1. The lowest BCUT2D eigenvalue weighted by Crippen LogP contribution is -2.38. The van der Waals surface area contributed by atoms with Crippen LogP contribution in [0.4, 0.5) is 0 Å². The number of hydrogen-bond acceptors (Lipinski definition) is 4. The smallest absolute Gasteiger partial charge is 0.286 e. The molecule has 5 heteroatoms. The van der Waals surface area contributed by atoms with Crippen LogP contribution in [-0.2, 0) is 9.53 Å². The zero-order valence-corrected chi connectivity index (χ0v) is 12.2. The van der Waals surface area contributed by atoms with Gasteiger partial charge < -0.3 is 9.64 Å². The van der Waals surface area contributed by atoms with Crippen molar-refractivity contribution in [1.29, 1.82) is 0 Å². The molecule has 20 heavy (non-hydrogen) atoms. The van der Waals surface area contributed by atoms with Crippen LogP contribution in [0, 0.1) is 0 Å². The number of morpholine rings is 1. The number of ether oxygens (including phenoxy) is 1. The predicted molar refractivity (Wildman–Crippen MR) is 81.5 cm³/mol. The lowest BCUT2D eigenvalue weighted by Gasteiger charge is -2.27. The Bertz CT molecular complexity index is 575. The first kappa shape index (κ1) is 13.4. The van der Waals surface area contributed by atoms with Gasteiger partial charge >= 0.3 is 0 Å². The molecule has 0 saturated carbocycles. The molecule has 104 valence electrons. The van der Waals surface area contributed by atoms with Gasteiger partial charge in [-0.25, -0.2) is 0 Å². The third-order valence-corrected chi connectivity index (χ3v) is 4.63. The first-order valence-corrected chi connectivity index (χ1v) is 7.47. The van der Waals surface area contributed by atoms with Crippen LogP contribution in [0.25, 0.3) is 5.57 Å². The number of benzene rings is 1. The topological polar surface area (TPSA) is 41.9 Å². The van der Waals surface area contributed by atoms with Gasteiger partial charge in [-0.1, -0.05) is 30.3 Å². The molecule has 0 radical (unpaired) electrons. The zero-order valence-electron chi connectivity index (χ0n) is 11.3. The summed E-state index contributed by atoms with van der Waals surface area (Å²) < 4.78 is 5.33. The molecule has 3 rings (SSSR count). The van der Waals surface area contributed by atoms with Crippen molar-refractivity contribution in [1.82, 2.24) is 4.90 Å². The Balaban J connectivity index is 1.82. The first-order chi connectivity index (χ1) is 9.75. The minimum Gasteiger partial charge on any atom is -0.378 e. The molecule has 1 aromatic carbocycles. The van der Waals surface area contributed by atoms with E-state index >= 15 is 0 Å². The Morgan fingerprint density at radius 2 is 1.95 bits per heavy atom. The number of nitrogens with zero attached hydrogens (tertiary/aromatic N) is 2. The van der Waals surface area contributed by atoms with Crippen molar-refractivity contribution in [2.45, 2.75) is 6.92 Å². The molecule has 2 aliphatic rings. The van der Waals surface area contributed by atoms with Crippen molar-refractivity contribution in [3.05, 3.63) is 40.8 Å². The van der Waals surface area contributed by atoms with Gasteiger partial charge in [0.15, 0.2) is 5.17 Å². The second-order valence-corrected chi connectivity index (χ2v) is 5.70. The molecule has 1 aromatic rings. The van der Waals surface area contributed by atoms with Gasteiger partial charge in [-0.3, -0.25) is 4.79 Å². The number of allylic oxidation sites excluding steroid dienone is 1. The van der Waals surface area contributed by atoms with Crippen LogP contribution in [0.5, 0.6) is 0 Å². The summed E-state index contributed by atoms with van der Waals surface area (Å²) in [4.78, 5) is 19.2. The van der Waals surface area contributed by atoms with Crippen molar-refractivity contribution in [2.24, 2.45) is 4.99 Å². The second kappa shape index (κ2) is 5.81. The van der Waals surface area contributed by atoms with Crippen molar-refractivity contribution >= 4 is 28.4 Å². The number of thioether (sulfide) groups is 1. The van der Waals surface area contributed by atoms with Crippen LogP contribution in [0.15, 0.2) is 40.2 Å². The van der Waals surface area contributed by atoms with E-state index < -0.39 is 0 Å². The molecule has 2 heterocycles. The molecule has 0 bridgehead atoms. The van der Waals surface area contributed by atoms with Crippen LogP contribution in [0.1, 0.15) is 12.5 Å². The molecule has 0 atom stereocenters. The number of amides is 1. The van der Waals surface area contributed by atoms with E-state index in [9.17, 15) is 4.79 Å². The Morgan fingerprint density at radius 3 is 2.65 bits per heavy atom. The molecule has 4 nitrogen and oxygen atoms in total. The maximum absolute atomic E-state index is 12.1. The molecule has 2 aliphatic heterocycles. The summed E-state index contributed by atoms with van der Waals surface area (Å²) in [5, 5.41) is 0.809. The fourth-order valence-corrected chi connectivity index (χ4v) is 3.27. The van der Waals surface area contributed by atoms with Gasteiger partial charge in [0.25, 0.3) is 5.91 Å². The number of hydrogen-bond donors (Lipinski definition) is 0. The number of rotatable bonds is 1. The highest BCUT2D eigenvalue weighted by Crippen LogP contribution is 2.34. The number of amidine groups is 1. The van der Waals surface area contributed by atoms with E-state index in [0.29, 0.717) is 13.2 Å². The third-order valence-electron chi connectivity index (χ3n) is 3.41. The second-order valence-electron chi connectivity index (χ2n) is 4.72. The van der Waals surface area contributed by atoms with Gasteiger partial charge in [-0.05, 0) is 29.8 Å². The fraction of sp³-hybridized carbons (Fsp3) is 0.333. The first-order valence-electron chi connectivity index (χ1n) is 6.65. The van der Waals surface area contributed by atoms with Crippen LogP contribution < -0.4 is 0 Å². The molecule has 0 aliphatic carbocycles. The van der Waals surface area contributed by atoms with E-state index in [-0.39, 0.29) is 5.91 Å². The van der Waals surface area contributed by atoms with Gasteiger partial charge in [0.05, 0.1) is 18.1 Å². The van der Waals surface area contributed by atoms with Gasteiger partial charge in [0.2, 0.25) is 0 Å². The molecule has 1 saturated heterocycles. The minimum absolute atomic E-state index is 0.127. The molecule has 0 N–H and O–H groups in total. The normalized spacial score (nSPS) is 21.9. The molecule has 0 aromatic heterocycles. The lowest BCUT2D eigenvalue weighted by molar-refractivity contribution is -0.113. The molecule has 0 unspecified atom stereocenters. The van der Waals surface area contributed by atoms with Gasteiger partial charge in [0, 0.05) is 13.1 Å². The molecular formula is C15H16N2O2S. The van der Waals surface area contributed by atoms with E-state index in [1.165, 1.54) is 11.8 Å². The Morgan fingerprint density at radius 1 is 1.25 bits per heavy atom. The minimum atomic E-state index is -0.127. The van der Waals surface area contributed by atoms with Gasteiger partial charge in [-0.2, -0.15) is 4.99 Å². The average Bonchev–Trinajstić information content (AvgIpc) is 2.90. The Kier molecular flexibility index (Phi) is 3.89. The number of carbonyl (C=O) groups is 1.